The van der Waals surface area contributed by atoms with Crippen molar-refractivity contribution in [2.24, 2.45) is 10.1 Å². The van der Waals surface area contributed by atoms with Crippen molar-refractivity contribution in [3.05, 3.63) is 63.8 Å². The number of carbonyl (C=O) groups excluding carboxylic acids is 1. The van der Waals surface area contributed by atoms with Gasteiger partial charge in [0.15, 0.2) is 0 Å². The average molecular weight is 350 g/mol. The zero-order valence-corrected chi connectivity index (χ0v) is 13.4. The number of sulfonamides is 1. The van der Waals surface area contributed by atoms with Crippen LogP contribution in [0.3, 0.4) is 0 Å². The third-order valence-electron chi connectivity index (χ3n) is 3.06. The fourth-order valence-electron chi connectivity index (χ4n) is 1.90. The molecule has 1 heterocycles. The molecule has 0 aliphatic rings. The summed E-state index contributed by atoms with van der Waals surface area (Å²) in [4.78, 5) is 21.2. The maximum absolute atomic E-state index is 12.3. The molecule has 2 rings (SSSR count). The van der Waals surface area contributed by atoms with E-state index in [0.29, 0.717) is 0 Å². The van der Waals surface area contributed by atoms with E-state index in [9.17, 15) is 23.3 Å². The van der Waals surface area contributed by atoms with Crippen molar-refractivity contribution < 1.29 is 18.1 Å². The second-order valence-corrected chi connectivity index (χ2v) is 6.58. The van der Waals surface area contributed by atoms with Crippen molar-refractivity contribution in [1.29, 1.82) is 0 Å². The Morgan fingerprint density at radius 1 is 1.25 bits per heavy atom. The fraction of sp³-hybridized carbons (Fsp3) is 0.143. The van der Waals surface area contributed by atoms with Crippen LogP contribution >= 0.6 is 0 Å². The molecule has 0 spiro atoms. The highest BCUT2D eigenvalue weighted by Crippen LogP contribution is 2.13. The van der Waals surface area contributed by atoms with Gasteiger partial charge in [0, 0.05) is 6.07 Å². The minimum absolute atomic E-state index is 0.0305. The number of amides is 1. The lowest BCUT2D eigenvalue weighted by molar-refractivity contribution is -0.385. The second kappa shape index (κ2) is 6.62. The summed E-state index contributed by atoms with van der Waals surface area (Å²) < 4.78 is 29.3. The Hall–Kier alpha value is -3.01. The van der Waals surface area contributed by atoms with Crippen molar-refractivity contribution in [2.45, 2.75) is 18.4 Å². The summed E-state index contributed by atoms with van der Waals surface area (Å²) in [6, 6.07) is 8.29. The first-order valence-corrected chi connectivity index (χ1v) is 8.14. The van der Waals surface area contributed by atoms with Gasteiger partial charge in [0.25, 0.3) is 15.7 Å². The molecule has 2 N–H and O–H groups in total. The van der Waals surface area contributed by atoms with Gasteiger partial charge in [0.2, 0.25) is 5.91 Å². The number of aryl methyl sites for hydroxylation is 1. The summed E-state index contributed by atoms with van der Waals surface area (Å²) in [5, 5.41) is 10.8. The van der Waals surface area contributed by atoms with Crippen LogP contribution in [-0.4, -0.2) is 23.8 Å². The van der Waals surface area contributed by atoms with Gasteiger partial charge in [-0.05, 0) is 25.1 Å². The van der Waals surface area contributed by atoms with Gasteiger partial charge in [-0.1, -0.05) is 17.7 Å². The average Bonchev–Trinajstić information content (AvgIpc) is 2.48. The summed E-state index contributed by atoms with van der Waals surface area (Å²) in [6.45, 7) is 1.37. The van der Waals surface area contributed by atoms with Crippen molar-refractivity contribution in [3.63, 3.8) is 0 Å². The van der Waals surface area contributed by atoms with E-state index in [4.69, 9.17) is 5.73 Å². The molecule has 126 valence electrons. The highest BCUT2D eigenvalue weighted by atomic mass is 32.2. The molecule has 10 heteroatoms. The maximum atomic E-state index is 12.3. The number of nitrogens with zero attached hydrogens (tertiary/aromatic N) is 3. The molecule has 0 unspecified atom stereocenters. The van der Waals surface area contributed by atoms with E-state index in [-0.39, 0.29) is 16.1 Å². The molecule has 0 saturated heterocycles. The summed E-state index contributed by atoms with van der Waals surface area (Å²) in [7, 11) is -4.04. The number of primary amides is 1. The number of hydrogen-bond donors (Lipinski definition) is 1. The number of pyridine rings is 1. The Morgan fingerprint density at radius 2 is 1.88 bits per heavy atom. The van der Waals surface area contributed by atoms with Crippen molar-refractivity contribution >= 4 is 21.6 Å². The van der Waals surface area contributed by atoms with Crippen molar-refractivity contribution in [3.8, 4) is 0 Å². The molecule has 2 aromatic rings. The molecular formula is C14H14N4O5S. The van der Waals surface area contributed by atoms with Gasteiger partial charge in [-0.3, -0.25) is 14.9 Å². The van der Waals surface area contributed by atoms with Crippen molar-refractivity contribution in [1.82, 2.24) is 4.57 Å². The lowest BCUT2D eigenvalue weighted by Crippen LogP contribution is -2.29. The number of hydrogen-bond acceptors (Lipinski definition) is 5. The molecule has 0 radical (unpaired) electrons. The van der Waals surface area contributed by atoms with Crippen LogP contribution in [0, 0.1) is 17.0 Å². The molecule has 0 fully saturated rings. The number of carbonyl (C=O) groups is 1. The van der Waals surface area contributed by atoms with Crippen molar-refractivity contribution in [2.75, 3.05) is 0 Å². The fourth-order valence-corrected chi connectivity index (χ4v) is 2.89. The van der Waals surface area contributed by atoms with Crippen LogP contribution in [0.1, 0.15) is 5.56 Å². The Morgan fingerprint density at radius 3 is 2.42 bits per heavy atom. The van der Waals surface area contributed by atoms with Crippen LogP contribution < -0.4 is 11.2 Å². The molecule has 1 amide bonds. The third kappa shape index (κ3) is 4.04. The van der Waals surface area contributed by atoms with Crippen LogP contribution in [0.5, 0.6) is 0 Å². The molecule has 24 heavy (non-hydrogen) atoms. The van der Waals surface area contributed by atoms with Crippen LogP contribution in [0.15, 0.2) is 51.9 Å². The van der Waals surface area contributed by atoms with Crippen LogP contribution in [0.2, 0.25) is 0 Å². The lowest BCUT2D eigenvalue weighted by atomic mass is 10.2. The quantitative estimate of drug-likeness (QED) is 0.617. The summed E-state index contributed by atoms with van der Waals surface area (Å²) in [5.74, 6) is -0.787. The highest BCUT2D eigenvalue weighted by Gasteiger charge is 2.14. The zero-order chi connectivity index (χ0) is 17.9. The minimum Gasteiger partial charge on any atom is -0.368 e. The van der Waals surface area contributed by atoms with Crippen LogP contribution in [0.25, 0.3) is 0 Å². The smallest absolute Gasteiger partial charge is 0.285 e. The number of aromatic nitrogens is 1. The first-order valence-electron chi connectivity index (χ1n) is 6.70. The summed E-state index contributed by atoms with van der Waals surface area (Å²) in [5.41, 5.74) is 5.52. The van der Waals surface area contributed by atoms with Gasteiger partial charge in [0.1, 0.15) is 12.0 Å². The second-order valence-electron chi connectivity index (χ2n) is 4.98. The Bertz CT molecular complexity index is 961. The molecule has 1 aromatic carbocycles. The first kappa shape index (κ1) is 17.3. The molecule has 0 aliphatic carbocycles. The SMILES string of the molecule is Cc1ccc(S(=O)(=O)N=c2ccc([N+](=O)[O-])cn2CC(N)=O)cc1. The van der Waals surface area contributed by atoms with E-state index in [1.165, 1.54) is 12.1 Å². The minimum atomic E-state index is -4.04. The molecule has 9 nitrogen and oxygen atoms in total. The predicted octanol–water partition coefficient (Wildman–Crippen LogP) is 0.480. The Balaban J connectivity index is 2.60. The largest absolute Gasteiger partial charge is 0.368 e. The first-order chi connectivity index (χ1) is 11.2. The lowest BCUT2D eigenvalue weighted by Gasteiger charge is -2.05. The van der Waals surface area contributed by atoms with E-state index in [2.05, 4.69) is 4.40 Å². The molecular weight excluding hydrogens is 336 g/mol. The van der Waals surface area contributed by atoms with Gasteiger partial charge in [0.05, 0.1) is 16.0 Å². The number of rotatable bonds is 5. The molecule has 1 aromatic heterocycles. The van der Waals surface area contributed by atoms with E-state index < -0.39 is 27.4 Å². The van der Waals surface area contributed by atoms with Gasteiger partial charge < -0.3 is 10.3 Å². The maximum Gasteiger partial charge on any atom is 0.285 e. The normalized spacial score (nSPS) is 12.1. The number of benzene rings is 1. The van der Waals surface area contributed by atoms with Gasteiger partial charge in [-0.15, -0.1) is 4.40 Å². The highest BCUT2D eigenvalue weighted by molar-refractivity contribution is 7.90. The van der Waals surface area contributed by atoms with Crippen LogP contribution in [-0.2, 0) is 21.4 Å². The van der Waals surface area contributed by atoms with Gasteiger partial charge >= 0.3 is 0 Å². The van der Waals surface area contributed by atoms with E-state index >= 15 is 0 Å². The number of nitrogens with two attached hydrogens (primary N) is 1. The molecule has 0 aliphatic heterocycles. The summed E-state index contributed by atoms with van der Waals surface area (Å²) >= 11 is 0. The van der Waals surface area contributed by atoms with Gasteiger partial charge in [-0.25, -0.2) is 0 Å². The monoisotopic (exact) mass is 350 g/mol. The van der Waals surface area contributed by atoms with Gasteiger partial charge in [-0.2, -0.15) is 8.42 Å². The van der Waals surface area contributed by atoms with Crippen LogP contribution in [0.4, 0.5) is 5.69 Å². The Kier molecular flexibility index (Phi) is 4.79. The molecule has 0 atom stereocenters. The third-order valence-corrected chi connectivity index (χ3v) is 4.35. The predicted molar refractivity (Wildman–Crippen MR) is 84.2 cm³/mol. The standard InChI is InChI=1S/C14H14N4O5S/c1-10-2-5-12(6-3-10)24(22,23)16-14-7-4-11(18(20)21)8-17(14)9-13(15)19/h2-8H,9H2,1H3,(H2,15,19). The van der Waals surface area contributed by atoms with E-state index in [1.807, 2.05) is 6.92 Å². The van der Waals surface area contributed by atoms with E-state index in [1.54, 1.807) is 12.1 Å². The topological polar surface area (TPSA) is 138 Å². The summed E-state index contributed by atoms with van der Waals surface area (Å²) in [6.07, 6.45) is 1.01. The zero-order valence-electron chi connectivity index (χ0n) is 12.6. The number of nitro groups is 1. The Labute approximate surface area is 137 Å². The molecule has 0 bridgehead atoms. The molecule has 0 saturated carbocycles. The van der Waals surface area contributed by atoms with E-state index in [0.717, 1.165) is 28.5 Å².